The minimum absolute atomic E-state index is 0. The Hall–Kier alpha value is -0.900. The molecule has 0 unspecified atom stereocenters. The van der Waals surface area contributed by atoms with Crippen LogP contribution in [0.15, 0.2) is 9.52 Å². The largest absolute Gasteiger partial charge is 0.357 e. The van der Waals surface area contributed by atoms with Crippen molar-refractivity contribution in [2.75, 3.05) is 32.7 Å². The third-order valence-corrected chi connectivity index (χ3v) is 4.63. The molecule has 0 amide bonds. The quantitative estimate of drug-likeness (QED) is 0.239. The first-order chi connectivity index (χ1) is 12.6. The Kier molecular flexibility index (Phi) is 11.9. The van der Waals surface area contributed by atoms with Gasteiger partial charge in [-0.2, -0.15) is 4.98 Å². The molecule has 1 aliphatic rings. The van der Waals surface area contributed by atoms with E-state index in [0.717, 1.165) is 37.7 Å². The van der Waals surface area contributed by atoms with Crippen molar-refractivity contribution in [3.05, 3.63) is 11.7 Å². The number of aliphatic imine (C=N–C) groups is 1. The minimum Gasteiger partial charge on any atom is -0.357 e. The van der Waals surface area contributed by atoms with Crippen LogP contribution in [0.25, 0.3) is 0 Å². The molecular formula is C19H37IN6O. The van der Waals surface area contributed by atoms with Crippen LogP contribution >= 0.6 is 24.0 Å². The molecule has 7 nitrogen and oxygen atoms in total. The third kappa shape index (κ3) is 8.76. The zero-order chi connectivity index (χ0) is 18.8. The van der Waals surface area contributed by atoms with Gasteiger partial charge in [0.25, 0.3) is 0 Å². The van der Waals surface area contributed by atoms with Crippen LogP contribution in [0.1, 0.15) is 71.0 Å². The van der Waals surface area contributed by atoms with E-state index in [-0.39, 0.29) is 24.0 Å². The number of hydrogen-bond donors (Lipinski definition) is 2. The zero-order valence-corrected chi connectivity index (χ0v) is 19.7. The van der Waals surface area contributed by atoms with E-state index in [1.54, 1.807) is 0 Å². The van der Waals surface area contributed by atoms with Gasteiger partial charge in [-0.05, 0) is 39.2 Å². The topological polar surface area (TPSA) is 78.6 Å². The van der Waals surface area contributed by atoms with Crippen molar-refractivity contribution in [1.82, 2.24) is 25.7 Å². The SMILES string of the molecule is CCCN1CCC(NC(=NCCCc2nc(C(C)C)no2)NCC)CC1.I. The van der Waals surface area contributed by atoms with Crippen LogP contribution in [0.4, 0.5) is 0 Å². The first-order valence-electron chi connectivity index (χ1n) is 10.2. The normalized spacial score (nSPS) is 16.4. The van der Waals surface area contributed by atoms with E-state index in [0.29, 0.717) is 17.9 Å². The fourth-order valence-electron chi connectivity index (χ4n) is 3.16. The van der Waals surface area contributed by atoms with Crippen molar-refractivity contribution in [3.63, 3.8) is 0 Å². The number of nitrogens with zero attached hydrogens (tertiary/aromatic N) is 4. The van der Waals surface area contributed by atoms with Crippen molar-refractivity contribution in [3.8, 4) is 0 Å². The third-order valence-electron chi connectivity index (χ3n) is 4.63. The zero-order valence-electron chi connectivity index (χ0n) is 17.3. The number of likely N-dealkylation sites (tertiary alicyclic amines) is 1. The van der Waals surface area contributed by atoms with E-state index in [9.17, 15) is 0 Å². The number of rotatable bonds is 9. The van der Waals surface area contributed by atoms with Gasteiger partial charge in [0.2, 0.25) is 5.89 Å². The predicted octanol–water partition coefficient (Wildman–Crippen LogP) is 3.17. The van der Waals surface area contributed by atoms with Crippen LogP contribution in [0.2, 0.25) is 0 Å². The lowest BCUT2D eigenvalue weighted by atomic mass is 10.1. The van der Waals surface area contributed by atoms with E-state index in [4.69, 9.17) is 9.52 Å². The van der Waals surface area contributed by atoms with Crippen molar-refractivity contribution >= 4 is 29.9 Å². The van der Waals surface area contributed by atoms with Gasteiger partial charge < -0.3 is 20.1 Å². The van der Waals surface area contributed by atoms with Gasteiger partial charge in [0, 0.05) is 44.6 Å². The molecule has 0 bridgehead atoms. The van der Waals surface area contributed by atoms with Crippen LogP contribution in [0, 0.1) is 0 Å². The van der Waals surface area contributed by atoms with Gasteiger partial charge in [0.15, 0.2) is 11.8 Å². The summed E-state index contributed by atoms with van der Waals surface area (Å²) in [5.74, 6) is 2.73. The van der Waals surface area contributed by atoms with E-state index in [1.165, 1.54) is 38.9 Å². The molecule has 0 radical (unpaired) electrons. The summed E-state index contributed by atoms with van der Waals surface area (Å²) in [7, 11) is 0. The highest BCUT2D eigenvalue weighted by atomic mass is 127. The average molecular weight is 492 g/mol. The Balaban J connectivity index is 0.00000364. The highest BCUT2D eigenvalue weighted by molar-refractivity contribution is 14.0. The maximum Gasteiger partial charge on any atom is 0.226 e. The molecule has 1 aliphatic heterocycles. The standard InChI is InChI=1S/C19H36N6O.HI/c1-5-12-25-13-9-16(10-14-25)22-19(20-6-2)21-11-7-8-17-23-18(15(3)4)24-26-17;/h15-16H,5-14H2,1-4H3,(H2,20,21,22);1H. The van der Waals surface area contributed by atoms with Crippen LogP contribution < -0.4 is 10.6 Å². The van der Waals surface area contributed by atoms with E-state index >= 15 is 0 Å². The second kappa shape index (κ2) is 13.3. The van der Waals surface area contributed by atoms with Gasteiger partial charge in [-0.1, -0.05) is 25.9 Å². The summed E-state index contributed by atoms with van der Waals surface area (Å²) >= 11 is 0. The first kappa shape index (κ1) is 24.1. The lowest BCUT2D eigenvalue weighted by Crippen LogP contribution is -2.48. The molecule has 1 aromatic rings. The molecule has 0 aromatic carbocycles. The monoisotopic (exact) mass is 492 g/mol. The van der Waals surface area contributed by atoms with Crippen molar-refractivity contribution in [2.45, 2.75) is 71.8 Å². The molecule has 1 saturated heterocycles. The molecule has 8 heteroatoms. The minimum atomic E-state index is 0. The van der Waals surface area contributed by atoms with Gasteiger partial charge in [-0.3, -0.25) is 4.99 Å². The summed E-state index contributed by atoms with van der Waals surface area (Å²) in [5.41, 5.74) is 0. The maximum atomic E-state index is 5.29. The Morgan fingerprint density at radius 3 is 2.63 bits per heavy atom. The maximum absolute atomic E-state index is 5.29. The van der Waals surface area contributed by atoms with Gasteiger partial charge in [0.1, 0.15) is 0 Å². The van der Waals surface area contributed by atoms with Crippen molar-refractivity contribution < 1.29 is 4.52 Å². The summed E-state index contributed by atoms with van der Waals surface area (Å²) in [4.78, 5) is 11.7. The van der Waals surface area contributed by atoms with Crippen LogP contribution in [0.3, 0.4) is 0 Å². The second-order valence-corrected chi connectivity index (χ2v) is 7.33. The van der Waals surface area contributed by atoms with Gasteiger partial charge >= 0.3 is 0 Å². The lowest BCUT2D eigenvalue weighted by Gasteiger charge is -2.32. The van der Waals surface area contributed by atoms with Crippen LogP contribution in [-0.4, -0.2) is 59.8 Å². The Morgan fingerprint density at radius 1 is 1.30 bits per heavy atom. The summed E-state index contributed by atoms with van der Waals surface area (Å²) in [6.45, 7) is 13.7. The molecule has 2 rings (SSSR count). The van der Waals surface area contributed by atoms with E-state index in [1.807, 2.05) is 0 Å². The smallest absolute Gasteiger partial charge is 0.226 e. The molecule has 2 N–H and O–H groups in total. The van der Waals surface area contributed by atoms with E-state index in [2.05, 4.69) is 53.4 Å². The van der Waals surface area contributed by atoms with E-state index < -0.39 is 0 Å². The predicted molar refractivity (Wildman–Crippen MR) is 121 cm³/mol. The van der Waals surface area contributed by atoms with Crippen LogP contribution in [0.5, 0.6) is 0 Å². The number of guanidine groups is 1. The summed E-state index contributed by atoms with van der Waals surface area (Å²) in [6.07, 6.45) is 5.29. The Labute approximate surface area is 181 Å². The summed E-state index contributed by atoms with van der Waals surface area (Å²) < 4.78 is 5.29. The molecule has 0 aliphatic carbocycles. The average Bonchev–Trinajstić information content (AvgIpc) is 3.10. The molecular weight excluding hydrogens is 455 g/mol. The fraction of sp³-hybridized carbons (Fsp3) is 0.842. The van der Waals surface area contributed by atoms with Gasteiger partial charge in [0.05, 0.1) is 0 Å². The number of nitrogens with one attached hydrogen (secondary N) is 2. The second-order valence-electron chi connectivity index (χ2n) is 7.33. The van der Waals surface area contributed by atoms with Crippen LogP contribution in [-0.2, 0) is 6.42 Å². The molecule has 0 atom stereocenters. The molecule has 0 spiro atoms. The number of halogens is 1. The molecule has 0 saturated carbocycles. The summed E-state index contributed by atoms with van der Waals surface area (Å²) in [6, 6.07) is 0.519. The van der Waals surface area contributed by atoms with Gasteiger partial charge in [-0.25, -0.2) is 0 Å². The Morgan fingerprint density at radius 2 is 2.04 bits per heavy atom. The highest BCUT2D eigenvalue weighted by Crippen LogP contribution is 2.11. The molecule has 1 fully saturated rings. The Bertz CT molecular complexity index is 540. The van der Waals surface area contributed by atoms with Crippen molar-refractivity contribution in [1.29, 1.82) is 0 Å². The molecule has 2 heterocycles. The lowest BCUT2D eigenvalue weighted by molar-refractivity contribution is 0.206. The van der Waals surface area contributed by atoms with Gasteiger partial charge in [-0.15, -0.1) is 24.0 Å². The first-order valence-corrected chi connectivity index (χ1v) is 10.2. The molecule has 1 aromatic heterocycles. The highest BCUT2D eigenvalue weighted by Gasteiger charge is 2.19. The number of aromatic nitrogens is 2. The number of aryl methyl sites for hydroxylation is 1. The molecule has 156 valence electrons. The molecule has 27 heavy (non-hydrogen) atoms. The summed E-state index contributed by atoms with van der Waals surface area (Å²) in [5, 5.41) is 11.0. The van der Waals surface area contributed by atoms with Crippen molar-refractivity contribution in [2.24, 2.45) is 4.99 Å². The fourth-order valence-corrected chi connectivity index (χ4v) is 3.16. The number of hydrogen-bond acceptors (Lipinski definition) is 5. The number of piperidine rings is 1.